The molecule has 3 nitrogen and oxygen atoms in total. The normalized spacial score (nSPS) is 10.7. The van der Waals surface area contributed by atoms with Crippen LogP contribution in [0, 0.1) is 0 Å². The summed E-state index contributed by atoms with van der Waals surface area (Å²) in [5.41, 5.74) is 0. The lowest BCUT2D eigenvalue weighted by Gasteiger charge is -2.15. The van der Waals surface area contributed by atoms with Crippen molar-refractivity contribution in [1.82, 2.24) is 0 Å². The van der Waals surface area contributed by atoms with Gasteiger partial charge in [-0.25, -0.2) is 0 Å². The number of benzene rings is 1. The van der Waals surface area contributed by atoms with Gasteiger partial charge in [0.05, 0.1) is 19.7 Å². The topological polar surface area (TPSA) is 22.9 Å². The van der Waals surface area contributed by atoms with Crippen LogP contribution in [0.2, 0.25) is 0 Å². The van der Waals surface area contributed by atoms with Gasteiger partial charge in [-0.3, -0.25) is 0 Å². The third-order valence-corrected chi connectivity index (χ3v) is 3.00. The van der Waals surface area contributed by atoms with Gasteiger partial charge in [0.25, 0.3) is 0 Å². The quantitative estimate of drug-likeness (QED) is 0.724. The highest BCUT2D eigenvalue weighted by molar-refractivity contribution is 5.32. The van der Waals surface area contributed by atoms with E-state index in [0.29, 0.717) is 0 Å². The molecule has 0 bridgehead atoms. The van der Waals surface area contributed by atoms with Crippen molar-refractivity contribution in [3.05, 3.63) is 24.3 Å². The van der Waals surface area contributed by atoms with Crippen LogP contribution in [0.5, 0.6) is 11.5 Å². The van der Waals surface area contributed by atoms with Gasteiger partial charge >= 0.3 is 0 Å². The smallest absolute Gasteiger partial charge is 0.137 e. The molecule has 0 atom stereocenters. The van der Waals surface area contributed by atoms with E-state index in [2.05, 4.69) is 20.8 Å². The molecule has 1 aromatic carbocycles. The van der Waals surface area contributed by atoms with Crippen LogP contribution in [0.15, 0.2) is 24.3 Å². The molecule has 0 fully saturated rings. The molecular formula is C15H26NO2+. The Balaban J connectivity index is 2.37. The summed E-state index contributed by atoms with van der Waals surface area (Å²) in [6, 6.07) is 7.90. The summed E-state index contributed by atoms with van der Waals surface area (Å²) in [4.78, 5) is 1.56. The zero-order valence-corrected chi connectivity index (χ0v) is 11.9. The third-order valence-electron chi connectivity index (χ3n) is 3.00. The van der Waals surface area contributed by atoms with Gasteiger partial charge in [-0.15, -0.1) is 0 Å². The minimum absolute atomic E-state index is 0.757. The molecule has 0 saturated heterocycles. The van der Waals surface area contributed by atoms with Gasteiger partial charge < -0.3 is 14.4 Å². The van der Waals surface area contributed by atoms with E-state index in [9.17, 15) is 0 Å². The van der Waals surface area contributed by atoms with E-state index in [0.717, 1.165) is 50.8 Å². The zero-order valence-electron chi connectivity index (χ0n) is 11.9. The Kier molecular flexibility index (Phi) is 7.26. The van der Waals surface area contributed by atoms with Crippen LogP contribution < -0.4 is 14.4 Å². The lowest BCUT2D eigenvalue weighted by Crippen LogP contribution is -3.12. The van der Waals surface area contributed by atoms with Gasteiger partial charge in [0.15, 0.2) is 0 Å². The second-order valence-electron chi connectivity index (χ2n) is 4.38. The molecule has 18 heavy (non-hydrogen) atoms. The van der Waals surface area contributed by atoms with Gasteiger partial charge in [-0.1, -0.05) is 13.0 Å². The molecule has 1 N–H and O–H groups in total. The average molecular weight is 252 g/mol. The van der Waals surface area contributed by atoms with Crippen LogP contribution in [0.3, 0.4) is 0 Å². The van der Waals surface area contributed by atoms with E-state index < -0.39 is 0 Å². The number of hydrogen-bond donors (Lipinski definition) is 1. The molecule has 1 aromatic rings. The molecule has 0 aliphatic heterocycles. The van der Waals surface area contributed by atoms with Gasteiger partial charge in [-0.05, 0) is 32.4 Å². The minimum atomic E-state index is 0.757. The summed E-state index contributed by atoms with van der Waals surface area (Å²) < 4.78 is 11.3. The first-order valence-corrected chi connectivity index (χ1v) is 6.99. The zero-order chi connectivity index (χ0) is 13.2. The molecule has 0 amide bonds. The second-order valence-corrected chi connectivity index (χ2v) is 4.38. The number of rotatable bonds is 9. The highest BCUT2D eigenvalue weighted by Crippen LogP contribution is 2.19. The first-order chi connectivity index (χ1) is 8.80. The molecule has 3 heteroatoms. The summed E-state index contributed by atoms with van der Waals surface area (Å²) in [5, 5.41) is 0. The summed E-state index contributed by atoms with van der Waals surface area (Å²) in [7, 11) is 0. The third kappa shape index (κ3) is 5.41. The molecule has 0 unspecified atom stereocenters. The van der Waals surface area contributed by atoms with E-state index in [4.69, 9.17) is 9.47 Å². The first-order valence-electron chi connectivity index (χ1n) is 6.99. The van der Waals surface area contributed by atoms with Crippen molar-refractivity contribution >= 4 is 0 Å². The Bertz CT molecular complexity index is 324. The Morgan fingerprint density at radius 2 is 1.56 bits per heavy atom. The Labute approximate surface area is 111 Å². The Morgan fingerprint density at radius 3 is 2.11 bits per heavy atom. The number of nitrogens with one attached hydrogen (secondary N) is 1. The predicted octanol–water partition coefficient (Wildman–Crippen LogP) is 1.78. The maximum absolute atomic E-state index is 5.76. The van der Waals surface area contributed by atoms with E-state index in [1.54, 1.807) is 4.90 Å². The van der Waals surface area contributed by atoms with E-state index in [1.807, 2.05) is 24.3 Å². The fourth-order valence-electron chi connectivity index (χ4n) is 1.79. The lowest BCUT2D eigenvalue weighted by molar-refractivity contribution is -0.896. The van der Waals surface area contributed by atoms with Crippen LogP contribution in [0.4, 0.5) is 0 Å². The number of likely N-dealkylation sites (N-methyl/N-ethyl adjacent to an activating group) is 1. The van der Waals surface area contributed by atoms with Crippen molar-refractivity contribution in [2.75, 3.05) is 32.8 Å². The second kappa shape index (κ2) is 8.81. The van der Waals surface area contributed by atoms with Crippen molar-refractivity contribution in [2.45, 2.75) is 27.2 Å². The fourth-order valence-corrected chi connectivity index (χ4v) is 1.79. The van der Waals surface area contributed by atoms with Crippen LogP contribution in [-0.4, -0.2) is 32.8 Å². The minimum Gasteiger partial charge on any atom is -0.493 e. The van der Waals surface area contributed by atoms with Crippen molar-refractivity contribution in [3.63, 3.8) is 0 Å². The van der Waals surface area contributed by atoms with Gasteiger partial charge in [0.1, 0.15) is 24.7 Å². The summed E-state index contributed by atoms with van der Waals surface area (Å²) in [6.07, 6.45) is 1.02. The van der Waals surface area contributed by atoms with Crippen molar-refractivity contribution in [3.8, 4) is 11.5 Å². The van der Waals surface area contributed by atoms with Crippen LogP contribution in [-0.2, 0) is 0 Å². The monoisotopic (exact) mass is 252 g/mol. The number of ether oxygens (including phenoxy) is 2. The largest absolute Gasteiger partial charge is 0.493 e. The van der Waals surface area contributed by atoms with Crippen molar-refractivity contribution in [1.29, 1.82) is 0 Å². The highest BCUT2D eigenvalue weighted by Gasteiger charge is 2.03. The molecule has 0 heterocycles. The first kappa shape index (κ1) is 14.8. The standard InChI is InChI=1S/C15H25NO2/c1-4-11-17-14-8-7-9-15(13-14)18-12-10-16(5-2)6-3/h7-9,13H,4-6,10-12H2,1-3H3/p+1. The van der Waals surface area contributed by atoms with Crippen LogP contribution in [0.1, 0.15) is 27.2 Å². The lowest BCUT2D eigenvalue weighted by atomic mass is 10.3. The average Bonchev–Trinajstić information content (AvgIpc) is 2.42. The van der Waals surface area contributed by atoms with Gasteiger partial charge in [-0.2, -0.15) is 0 Å². The number of hydrogen-bond acceptors (Lipinski definition) is 2. The molecule has 0 aliphatic carbocycles. The maximum Gasteiger partial charge on any atom is 0.137 e. The SMILES string of the molecule is CCCOc1cccc(OCC[NH+](CC)CC)c1. The molecular weight excluding hydrogens is 226 g/mol. The molecule has 0 saturated carbocycles. The molecule has 0 spiro atoms. The highest BCUT2D eigenvalue weighted by atomic mass is 16.5. The predicted molar refractivity (Wildman–Crippen MR) is 74.6 cm³/mol. The summed E-state index contributed by atoms with van der Waals surface area (Å²) in [6.45, 7) is 11.4. The fraction of sp³-hybridized carbons (Fsp3) is 0.600. The van der Waals surface area contributed by atoms with E-state index in [-0.39, 0.29) is 0 Å². The maximum atomic E-state index is 5.76. The summed E-state index contributed by atoms with van der Waals surface area (Å²) in [5.74, 6) is 1.79. The summed E-state index contributed by atoms with van der Waals surface area (Å²) >= 11 is 0. The van der Waals surface area contributed by atoms with E-state index >= 15 is 0 Å². The van der Waals surface area contributed by atoms with Gasteiger partial charge in [0, 0.05) is 6.07 Å². The van der Waals surface area contributed by atoms with Crippen molar-refractivity contribution < 1.29 is 14.4 Å². The molecule has 0 aromatic heterocycles. The van der Waals surface area contributed by atoms with E-state index in [1.165, 1.54) is 0 Å². The Morgan fingerprint density at radius 1 is 0.944 bits per heavy atom. The van der Waals surface area contributed by atoms with Gasteiger partial charge in [0.2, 0.25) is 0 Å². The molecule has 1 rings (SSSR count). The molecule has 0 radical (unpaired) electrons. The molecule has 102 valence electrons. The number of quaternary nitrogens is 1. The molecule has 0 aliphatic rings. The Hall–Kier alpha value is -1.22. The van der Waals surface area contributed by atoms with Crippen molar-refractivity contribution in [2.24, 2.45) is 0 Å². The van der Waals surface area contributed by atoms with Crippen LogP contribution >= 0.6 is 0 Å². The van der Waals surface area contributed by atoms with Crippen LogP contribution in [0.25, 0.3) is 0 Å².